The van der Waals surface area contributed by atoms with Crippen molar-refractivity contribution in [1.29, 1.82) is 0 Å². The maximum atomic E-state index is 9.78. The maximum absolute atomic E-state index is 9.78. The number of fused-ring (bicyclic) bond motifs is 1. The smallest absolute Gasteiger partial charge is 0.0682 e. The van der Waals surface area contributed by atoms with Gasteiger partial charge in [-0.25, -0.2) is 0 Å². The molecule has 0 aromatic heterocycles. The van der Waals surface area contributed by atoms with Gasteiger partial charge >= 0.3 is 0 Å². The van der Waals surface area contributed by atoms with E-state index in [2.05, 4.69) is 22.8 Å². The molecule has 0 spiro atoms. The van der Waals surface area contributed by atoms with E-state index in [9.17, 15) is 5.11 Å². The number of benzene rings is 1. The van der Waals surface area contributed by atoms with Crippen LogP contribution in [0.1, 0.15) is 18.9 Å². The number of piperazine rings is 1. The van der Waals surface area contributed by atoms with Crippen molar-refractivity contribution in [3.63, 3.8) is 0 Å². The van der Waals surface area contributed by atoms with Gasteiger partial charge in [-0.15, -0.1) is 0 Å². The molecular weight excluding hydrogens is 260 g/mol. The van der Waals surface area contributed by atoms with Crippen LogP contribution in [0.4, 0.5) is 0 Å². The van der Waals surface area contributed by atoms with Gasteiger partial charge in [0.05, 0.1) is 6.10 Å². The highest BCUT2D eigenvalue weighted by Crippen LogP contribution is 2.26. The standard InChI is InChI=1S/C15H21ClN2O/c1-11-7-18-10-15(19)6-14(18)9-17(11)8-12-3-2-4-13(16)5-12/h2-5,11,14-15,19H,6-10H2,1H3/t11-,14?,15-/m1/s1. The van der Waals surface area contributed by atoms with Gasteiger partial charge in [0, 0.05) is 43.3 Å². The summed E-state index contributed by atoms with van der Waals surface area (Å²) in [5, 5.41) is 10.6. The first-order chi connectivity index (χ1) is 9.11. The Morgan fingerprint density at radius 2 is 2.16 bits per heavy atom. The van der Waals surface area contributed by atoms with E-state index in [4.69, 9.17) is 11.6 Å². The Bertz CT molecular complexity index is 454. The molecule has 19 heavy (non-hydrogen) atoms. The molecule has 3 rings (SSSR count). The zero-order chi connectivity index (χ0) is 13.4. The minimum absolute atomic E-state index is 0.136. The molecule has 1 N–H and O–H groups in total. The fourth-order valence-corrected chi connectivity index (χ4v) is 3.58. The minimum Gasteiger partial charge on any atom is -0.392 e. The molecule has 0 bridgehead atoms. The monoisotopic (exact) mass is 280 g/mol. The Morgan fingerprint density at radius 1 is 1.32 bits per heavy atom. The summed E-state index contributed by atoms with van der Waals surface area (Å²) in [6, 6.07) is 9.15. The Morgan fingerprint density at radius 3 is 2.95 bits per heavy atom. The maximum Gasteiger partial charge on any atom is 0.0682 e. The lowest BCUT2D eigenvalue weighted by molar-refractivity contribution is 0.0528. The average Bonchev–Trinajstić information content (AvgIpc) is 2.69. The van der Waals surface area contributed by atoms with Crippen LogP contribution < -0.4 is 0 Å². The van der Waals surface area contributed by atoms with Crippen molar-refractivity contribution in [3.8, 4) is 0 Å². The number of hydrogen-bond acceptors (Lipinski definition) is 3. The van der Waals surface area contributed by atoms with Gasteiger partial charge in [-0.05, 0) is 31.0 Å². The normalized spacial score (nSPS) is 32.5. The highest BCUT2D eigenvalue weighted by molar-refractivity contribution is 6.30. The summed E-state index contributed by atoms with van der Waals surface area (Å²) >= 11 is 6.05. The van der Waals surface area contributed by atoms with Gasteiger partial charge in [0.2, 0.25) is 0 Å². The van der Waals surface area contributed by atoms with Crippen LogP contribution in [0, 0.1) is 0 Å². The first kappa shape index (κ1) is 13.4. The molecule has 104 valence electrons. The summed E-state index contributed by atoms with van der Waals surface area (Å²) in [7, 11) is 0. The zero-order valence-electron chi connectivity index (χ0n) is 11.3. The van der Waals surface area contributed by atoms with E-state index in [1.165, 1.54) is 5.56 Å². The minimum atomic E-state index is -0.136. The summed E-state index contributed by atoms with van der Waals surface area (Å²) in [5.41, 5.74) is 1.27. The quantitative estimate of drug-likeness (QED) is 0.897. The van der Waals surface area contributed by atoms with Gasteiger partial charge in [0.15, 0.2) is 0 Å². The summed E-state index contributed by atoms with van der Waals surface area (Å²) in [6.07, 6.45) is 0.780. The molecule has 2 fully saturated rings. The second-order valence-corrected chi connectivity index (χ2v) is 6.34. The van der Waals surface area contributed by atoms with Crippen molar-refractivity contribution in [3.05, 3.63) is 34.9 Å². The van der Waals surface area contributed by atoms with Crippen molar-refractivity contribution in [1.82, 2.24) is 9.80 Å². The van der Waals surface area contributed by atoms with E-state index >= 15 is 0 Å². The molecule has 1 aromatic carbocycles. The van der Waals surface area contributed by atoms with E-state index in [-0.39, 0.29) is 6.10 Å². The molecule has 3 atom stereocenters. The van der Waals surface area contributed by atoms with Crippen LogP contribution >= 0.6 is 11.6 Å². The van der Waals surface area contributed by atoms with E-state index in [1.807, 2.05) is 18.2 Å². The number of aliphatic hydroxyl groups is 1. The fourth-order valence-electron chi connectivity index (χ4n) is 3.37. The molecule has 0 amide bonds. The molecule has 1 aromatic rings. The molecule has 2 heterocycles. The van der Waals surface area contributed by atoms with Crippen LogP contribution in [0.25, 0.3) is 0 Å². The van der Waals surface area contributed by atoms with Crippen LogP contribution in [0.2, 0.25) is 5.02 Å². The lowest BCUT2D eigenvalue weighted by Gasteiger charge is -2.42. The van der Waals surface area contributed by atoms with E-state index < -0.39 is 0 Å². The Kier molecular flexibility index (Phi) is 3.81. The van der Waals surface area contributed by atoms with Crippen LogP contribution in [-0.4, -0.2) is 52.7 Å². The SMILES string of the molecule is C[C@@H]1CN2C[C@H](O)CC2CN1Cc1cccc(Cl)c1. The van der Waals surface area contributed by atoms with Crippen molar-refractivity contribution in [2.45, 2.75) is 38.1 Å². The van der Waals surface area contributed by atoms with Gasteiger partial charge in [-0.2, -0.15) is 0 Å². The van der Waals surface area contributed by atoms with Gasteiger partial charge in [-0.1, -0.05) is 23.7 Å². The van der Waals surface area contributed by atoms with Gasteiger partial charge in [0.1, 0.15) is 0 Å². The van der Waals surface area contributed by atoms with E-state index in [0.29, 0.717) is 12.1 Å². The van der Waals surface area contributed by atoms with Crippen LogP contribution in [0.15, 0.2) is 24.3 Å². The van der Waals surface area contributed by atoms with E-state index in [1.54, 1.807) is 0 Å². The summed E-state index contributed by atoms with van der Waals surface area (Å²) in [5.74, 6) is 0. The van der Waals surface area contributed by atoms with Gasteiger partial charge in [-0.3, -0.25) is 9.80 Å². The molecule has 2 aliphatic rings. The molecule has 1 unspecified atom stereocenters. The highest BCUT2D eigenvalue weighted by atomic mass is 35.5. The van der Waals surface area contributed by atoms with E-state index in [0.717, 1.165) is 37.6 Å². The van der Waals surface area contributed by atoms with Gasteiger partial charge < -0.3 is 5.11 Å². The average molecular weight is 281 g/mol. The topological polar surface area (TPSA) is 26.7 Å². The lowest BCUT2D eigenvalue weighted by Crippen LogP contribution is -2.54. The predicted molar refractivity (Wildman–Crippen MR) is 77.3 cm³/mol. The summed E-state index contributed by atoms with van der Waals surface area (Å²) < 4.78 is 0. The Balaban J connectivity index is 1.68. The first-order valence-corrected chi connectivity index (χ1v) is 7.40. The highest BCUT2D eigenvalue weighted by Gasteiger charge is 2.37. The molecule has 2 saturated heterocycles. The van der Waals surface area contributed by atoms with Crippen molar-refractivity contribution in [2.75, 3.05) is 19.6 Å². The molecule has 3 nitrogen and oxygen atoms in total. The van der Waals surface area contributed by atoms with Crippen LogP contribution in [0.3, 0.4) is 0 Å². The third-order valence-electron chi connectivity index (χ3n) is 4.35. The zero-order valence-corrected chi connectivity index (χ0v) is 12.1. The molecule has 4 heteroatoms. The molecule has 0 saturated carbocycles. The first-order valence-electron chi connectivity index (χ1n) is 7.02. The molecule has 0 radical (unpaired) electrons. The summed E-state index contributed by atoms with van der Waals surface area (Å²) in [6.45, 7) is 6.17. The van der Waals surface area contributed by atoms with Crippen LogP contribution in [-0.2, 0) is 6.54 Å². The van der Waals surface area contributed by atoms with Crippen molar-refractivity contribution in [2.24, 2.45) is 0 Å². The van der Waals surface area contributed by atoms with Crippen LogP contribution in [0.5, 0.6) is 0 Å². The van der Waals surface area contributed by atoms with Gasteiger partial charge in [0.25, 0.3) is 0 Å². The molecule has 0 aliphatic carbocycles. The number of rotatable bonds is 2. The third-order valence-corrected chi connectivity index (χ3v) is 4.58. The summed E-state index contributed by atoms with van der Waals surface area (Å²) in [4.78, 5) is 4.94. The third kappa shape index (κ3) is 2.95. The Hall–Kier alpha value is -0.610. The second kappa shape index (κ2) is 5.41. The second-order valence-electron chi connectivity index (χ2n) is 5.91. The Labute approximate surface area is 119 Å². The molecule has 2 aliphatic heterocycles. The number of halogens is 1. The predicted octanol–water partition coefficient (Wildman–Crippen LogP) is 1.98. The van der Waals surface area contributed by atoms with Crippen molar-refractivity contribution < 1.29 is 5.11 Å². The van der Waals surface area contributed by atoms with Crippen molar-refractivity contribution >= 4 is 11.6 Å². The fraction of sp³-hybridized carbons (Fsp3) is 0.600. The number of hydrogen-bond donors (Lipinski definition) is 1. The largest absolute Gasteiger partial charge is 0.392 e. The number of aliphatic hydroxyl groups excluding tert-OH is 1. The lowest BCUT2D eigenvalue weighted by atomic mass is 10.1. The molecular formula is C15H21ClN2O. The number of nitrogens with zero attached hydrogens (tertiary/aromatic N) is 2.